The van der Waals surface area contributed by atoms with Crippen molar-refractivity contribution in [3.63, 3.8) is 0 Å². The molecule has 5 nitrogen and oxygen atoms in total. The molecule has 0 amide bonds. The molecule has 16 bridgehead atoms. The van der Waals surface area contributed by atoms with Crippen LogP contribution in [0.4, 0.5) is 0 Å². The quantitative estimate of drug-likeness (QED) is 0.0656. The van der Waals surface area contributed by atoms with Crippen LogP contribution in [0.5, 0.6) is 11.5 Å². The van der Waals surface area contributed by atoms with E-state index in [0.717, 1.165) is 126 Å². The molecule has 0 spiro atoms. The van der Waals surface area contributed by atoms with Crippen molar-refractivity contribution in [3.8, 4) is 11.5 Å². The zero-order chi connectivity index (χ0) is 60.8. The summed E-state index contributed by atoms with van der Waals surface area (Å²) in [5.41, 5.74) is 10.9. The molecule has 23 rings (SSSR count). The summed E-state index contributed by atoms with van der Waals surface area (Å²) in [6.45, 7) is 6.42. The molecule has 5 aromatic rings. The van der Waals surface area contributed by atoms with Gasteiger partial charge < -0.3 is 26.0 Å². The van der Waals surface area contributed by atoms with E-state index in [1.165, 1.54) is 226 Å². The lowest BCUT2D eigenvalue weighted by Gasteiger charge is -2.57. The molecule has 0 atom stereocenters. The highest BCUT2D eigenvalue weighted by atomic mass is 32.2. The van der Waals surface area contributed by atoms with Gasteiger partial charge in [-0.2, -0.15) is 0 Å². The smallest absolute Gasteiger partial charge is 0.127 e. The van der Waals surface area contributed by atoms with Crippen LogP contribution >= 0.6 is 11.8 Å². The Morgan fingerprint density at radius 1 is 0.319 bits per heavy atom. The van der Waals surface area contributed by atoms with E-state index >= 15 is 0 Å². The van der Waals surface area contributed by atoms with Crippen molar-refractivity contribution >= 4 is 11.8 Å². The molecular formula is C85H114N4OS. The van der Waals surface area contributed by atoms with Gasteiger partial charge >= 0.3 is 0 Å². The average Bonchev–Trinajstić information content (AvgIpc) is 1.51. The first kappa shape index (κ1) is 61.9. The third-order valence-corrected chi connectivity index (χ3v) is 27.9. The first-order chi connectivity index (χ1) is 44.6. The second-order valence-electron chi connectivity index (χ2n) is 34.4. The molecule has 18 saturated carbocycles. The van der Waals surface area contributed by atoms with Crippen molar-refractivity contribution in [1.82, 2.24) is 21.3 Å². The van der Waals surface area contributed by atoms with Crippen LogP contribution in [-0.2, 0) is 26.2 Å². The van der Waals surface area contributed by atoms with Gasteiger partial charge in [0.1, 0.15) is 11.5 Å². The van der Waals surface area contributed by atoms with E-state index in [1.54, 1.807) is 11.1 Å². The van der Waals surface area contributed by atoms with Gasteiger partial charge in [-0.25, -0.2) is 0 Å². The summed E-state index contributed by atoms with van der Waals surface area (Å²) in [7, 11) is 0. The summed E-state index contributed by atoms with van der Waals surface area (Å²) in [6, 6.07) is 46.9. The Labute approximate surface area is 554 Å². The fourth-order valence-corrected chi connectivity index (χ4v) is 25.0. The van der Waals surface area contributed by atoms with Crippen molar-refractivity contribution in [2.24, 2.45) is 71.0 Å². The maximum absolute atomic E-state index is 5.89. The third-order valence-electron chi connectivity index (χ3n) is 27.0. The number of hydrogen-bond acceptors (Lipinski definition) is 6. The standard InChI is InChI=1S/C23H27NO.C23H33N.C20H27N.C19H27NS/c1-2-4-21(5-3-1)25-22-8-6-17(7-9-22)16-24-23-13-18-10-19(14-23)12-20(11-18)15-23;1-2-4-21(5-3-1)22-8-6-17(7-9-22)16-24-23-13-18-10-19(14-23)12-20(11-18)15-23;1-3-18(19-5-6-19)4-2-14(1)13-21-20-10-15-7-16(11-20)9-17(8-15)12-20;1-2-21-18-5-3-14(4-6-18)13-20-19-10-15-7-16(11-19)9-17(8-15)12-19/h1-9,18-20,24H,10-16H2;6-9,18-21,24H,1-5,10-16H2;1-4,15-17,19,21H,5-13H2;3-6,15-17,20H,2,7-13H2,1H3. The maximum atomic E-state index is 5.89. The average molecular weight is 1240 g/mol. The normalized spacial score (nSPS) is 37.1. The molecule has 4 N–H and O–H groups in total. The first-order valence-electron chi connectivity index (χ1n) is 38.3. The second kappa shape index (κ2) is 26.9. The Bertz CT molecular complexity index is 3020. The van der Waals surface area contributed by atoms with Gasteiger partial charge in [-0.3, -0.25) is 0 Å². The van der Waals surface area contributed by atoms with E-state index in [9.17, 15) is 0 Å². The summed E-state index contributed by atoms with van der Waals surface area (Å²) in [5.74, 6) is 17.0. The van der Waals surface area contributed by atoms with E-state index in [0.29, 0.717) is 22.2 Å². The van der Waals surface area contributed by atoms with Crippen LogP contribution in [-0.4, -0.2) is 27.9 Å². The van der Waals surface area contributed by atoms with Crippen LogP contribution in [0.1, 0.15) is 251 Å². The van der Waals surface area contributed by atoms with Gasteiger partial charge in [0, 0.05) is 53.2 Å². The van der Waals surface area contributed by atoms with Gasteiger partial charge in [0.05, 0.1) is 0 Å². The molecular weight excluding hydrogens is 1130 g/mol. The predicted octanol–water partition coefficient (Wildman–Crippen LogP) is 20.8. The first-order valence-corrected chi connectivity index (χ1v) is 39.3. The number of benzene rings is 5. The highest BCUT2D eigenvalue weighted by Gasteiger charge is 2.54. The molecule has 0 aliphatic heterocycles. The Kier molecular flexibility index (Phi) is 18.3. The van der Waals surface area contributed by atoms with Gasteiger partial charge in [0.15, 0.2) is 0 Å². The molecule has 18 fully saturated rings. The lowest BCUT2D eigenvalue weighted by atomic mass is 9.53. The summed E-state index contributed by atoms with van der Waals surface area (Å²) in [5, 5.41) is 16.0. The summed E-state index contributed by atoms with van der Waals surface area (Å²) in [6.07, 6.45) is 45.6. The molecule has 0 heterocycles. The molecule has 6 heteroatoms. The summed E-state index contributed by atoms with van der Waals surface area (Å²) < 4.78 is 5.89. The Balaban J connectivity index is 0.0000000971. The number of thioether (sulfide) groups is 1. The summed E-state index contributed by atoms with van der Waals surface area (Å²) in [4.78, 5) is 1.40. The number of nitrogens with one attached hydrogen (secondary N) is 4. The van der Waals surface area contributed by atoms with Crippen LogP contribution in [0.2, 0.25) is 0 Å². The number of ether oxygens (including phenoxy) is 1. The molecule has 91 heavy (non-hydrogen) atoms. The topological polar surface area (TPSA) is 57.3 Å². The van der Waals surface area contributed by atoms with E-state index in [2.05, 4.69) is 125 Å². The predicted molar refractivity (Wildman–Crippen MR) is 377 cm³/mol. The fraction of sp³-hybridized carbons (Fsp3) is 0.647. The second-order valence-corrected chi connectivity index (χ2v) is 35.8. The van der Waals surface area contributed by atoms with Gasteiger partial charge in [0.25, 0.3) is 0 Å². The van der Waals surface area contributed by atoms with Gasteiger partial charge in [0.2, 0.25) is 0 Å². The van der Waals surface area contributed by atoms with Crippen molar-refractivity contribution in [1.29, 1.82) is 0 Å². The van der Waals surface area contributed by atoms with Crippen LogP contribution in [0.25, 0.3) is 0 Å². The maximum Gasteiger partial charge on any atom is 0.127 e. The van der Waals surface area contributed by atoms with E-state index in [1.807, 2.05) is 42.1 Å². The highest BCUT2D eigenvalue weighted by Crippen LogP contribution is 2.59. The molecule has 0 radical (unpaired) electrons. The minimum atomic E-state index is 0.438. The molecule has 0 saturated heterocycles. The van der Waals surface area contributed by atoms with E-state index in [-0.39, 0.29) is 0 Å². The molecule has 0 aromatic heterocycles. The van der Waals surface area contributed by atoms with Crippen LogP contribution in [0.15, 0.2) is 132 Å². The van der Waals surface area contributed by atoms with E-state index in [4.69, 9.17) is 4.74 Å². The Morgan fingerprint density at radius 2 is 0.593 bits per heavy atom. The monoisotopic (exact) mass is 1240 g/mol. The zero-order valence-electron chi connectivity index (χ0n) is 56.0. The van der Waals surface area contributed by atoms with Crippen LogP contribution in [0.3, 0.4) is 0 Å². The van der Waals surface area contributed by atoms with Crippen molar-refractivity contribution < 1.29 is 4.74 Å². The van der Waals surface area contributed by atoms with Crippen LogP contribution in [0, 0.1) is 71.0 Å². The number of rotatable bonds is 18. The minimum absolute atomic E-state index is 0.438. The van der Waals surface area contributed by atoms with Crippen molar-refractivity contribution in [2.45, 2.75) is 271 Å². The van der Waals surface area contributed by atoms with Gasteiger partial charge in [-0.1, -0.05) is 117 Å². The Hall–Kier alpha value is -3.91. The Morgan fingerprint density at radius 3 is 0.890 bits per heavy atom. The molecule has 18 aliphatic carbocycles. The lowest BCUT2D eigenvalue weighted by Crippen LogP contribution is -2.58. The third kappa shape index (κ3) is 14.9. The zero-order valence-corrected chi connectivity index (χ0v) is 56.8. The van der Waals surface area contributed by atoms with Crippen molar-refractivity contribution in [2.75, 3.05) is 5.75 Å². The molecule has 0 unspecified atom stereocenters. The molecule has 18 aliphatic rings. The van der Waals surface area contributed by atoms with Gasteiger partial charge in [-0.15, -0.1) is 11.8 Å². The highest BCUT2D eigenvalue weighted by molar-refractivity contribution is 7.99. The van der Waals surface area contributed by atoms with E-state index < -0.39 is 0 Å². The molecule has 486 valence electrons. The summed E-state index contributed by atoms with van der Waals surface area (Å²) >= 11 is 1.93. The lowest BCUT2D eigenvalue weighted by molar-refractivity contribution is -0.0207. The van der Waals surface area contributed by atoms with Gasteiger partial charge in [-0.05, 0) is 338 Å². The fourth-order valence-electron chi connectivity index (χ4n) is 24.3. The van der Waals surface area contributed by atoms with Crippen LogP contribution < -0.4 is 26.0 Å². The van der Waals surface area contributed by atoms with Crippen molar-refractivity contribution in [3.05, 3.63) is 161 Å². The number of hydrogen-bond donors (Lipinski definition) is 4. The molecule has 5 aromatic carbocycles. The number of para-hydroxylation sites is 1. The minimum Gasteiger partial charge on any atom is -0.457 e. The SMILES string of the molecule is CCSc1ccc(CNC23CC4CC(CC(C4)C2)C3)cc1.c1cc(C2CC2)ccc1CNC12CC3CC(CC(C3)C1)C2.c1cc(C2CCCCC2)ccc1CNC12CC3CC(CC(C3)C1)C2.c1ccc(Oc2ccc(CNC34CC5CC(CC(C5)C3)C4)cc2)cc1. The largest absolute Gasteiger partial charge is 0.457 e.